The zero-order valence-electron chi connectivity index (χ0n) is 11.8. The fourth-order valence-electron chi connectivity index (χ4n) is 2.85. The Balaban J connectivity index is 0.00000161. The van der Waals surface area contributed by atoms with E-state index in [1.165, 1.54) is 12.1 Å². The van der Waals surface area contributed by atoms with Crippen LogP contribution in [0.2, 0.25) is 0 Å². The number of aliphatic hydroxyl groups excluding tert-OH is 1. The van der Waals surface area contributed by atoms with Crippen LogP contribution < -0.4 is 10.6 Å². The van der Waals surface area contributed by atoms with Crippen molar-refractivity contribution in [3.8, 4) is 0 Å². The van der Waals surface area contributed by atoms with Crippen LogP contribution in [-0.2, 0) is 0 Å². The Labute approximate surface area is 141 Å². The Morgan fingerprint density at radius 3 is 2.76 bits per heavy atom. The molecule has 1 aliphatic heterocycles. The van der Waals surface area contributed by atoms with Gasteiger partial charge in [-0.2, -0.15) is 0 Å². The standard InChI is InChI=1S/C15H20FN3O.HI/c16-12-4-2-11(3-5-12)13-8-15(13,10-20)9-19-14-17-6-1-7-18-14;/h2-5,13,20H,1,6-10H2,(H2,17,18,19);1H. The van der Waals surface area contributed by atoms with Crippen LogP contribution in [0.4, 0.5) is 4.39 Å². The van der Waals surface area contributed by atoms with Gasteiger partial charge < -0.3 is 15.7 Å². The van der Waals surface area contributed by atoms with E-state index in [0.29, 0.717) is 12.5 Å². The van der Waals surface area contributed by atoms with Crippen molar-refractivity contribution in [2.45, 2.75) is 18.8 Å². The van der Waals surface area contributed by atoms with Crippen LogP contribution in [0.3, 0.4) is 0 Å². The predicted octanol–water partition coefficient (Wildman–Crippen LogP) is 1.85. The average molecular weight is 405 g/mol. The molecule has 3 rings (SSSR count). The molecular weight excluding hydrogens is 384 g/mol. The minimum Gasteiger partial charge on any atom is -0.396 e. The second kappa shape index (κ2) is 6.91. The van der Waals surface area contributed by atoms with Gasteiger partial charge in [-0.05, 0) is 36.5 Å². The summed E-state index contributed by atoms with van der Waals surface area (Å²) in [7, 11) is 0. The molecule has 0 bridgehead atoms. The van der Waals surface area contributed by atoms with Gasteiger partial charge >= 0.3 is 0 Å². The van der Waals surface area contributed by atoms with E-state index in [1.54, 1.807) is 0 Å². The lowest BCUT2D eigenvalue weighted by atomic mass is 10.00. The first-order valence-electron chi connectivity index (χ1n) is 7.12. The Hall–Kier alpha value is -0.890. The predicted molar refractivity (Wildman–Crippen MR) is 91.6 cm³/mol. The summed E-state index contributed by atoms with van der Waals surface area (Å²) >= 11 is 0. The van der Waals surface area contributed by atoms with Gasteiger partial charge in [-0.15, -0.1) is 24.0 Å². The highest BCUT2D eigenvalue weighted by molar-refractivity contribution is 14.0. The summed E-state index contributed by atoms with van der Waals surface area (Å²) in [4.78, 5) is 4.37. The number of hydrogen-bond acceptors (Lipinski definition) is 4. The molecule has 3 N–H and O–H groups in total. The van der Waals surface area contributed by atoms with Crippen LogP contribution >= 0.6 is 24.0 Å². The van der Waals surface area contributed by atoms with Crippen molar-refractivity contribution >= 4 is 29.9 Å². The van der Waals surface area contributed by atoms with Gasteiger partial charge in [0.2, 0.25) is 0 Å². The largest absolute Gasteiger partial charge is 0.396 e. The zero-order valence-corrected chi connectivity index (χ0v) is 14.1. The molecule has 2 atom stereocenters. The van der Waals surface area contributed by atoms with Gasteiger partial charge in [0.05, 0.1) is 6.61 Å². The van der Waals surface area contributed by atoms with E-state index in [-0.39, 0.29) is 41.8 Å². The van der Waals surface area contributed by atoms with E-state index in [4.69, 9.17) is 0 Å². The number of nitrogens with one attached hydrogen (secondary N) is 2. The number of rotatable bonds is 4. The molecule has 0 aromatic heterocycles. The average Bonchev–Trinajstić information content (AvgIpc) is 3.22. The van der Waals surface area contributed by atoms with E-state index in [1.807, 2.05) is 12.1 Å². The summed E-state index contributed by atoms with van der Waals surface area (Å²) in [6.45, 7) is 2.62. The molecule has 0 spiro atoms. The van der Waals surface area contributed by atoms with Gasteiger partial charge in [0.25, 0.3) is 0 Å². The van der Waals surface area contributed by atoms with Crippen LogP contribution in [0.15, 0.2) is 29.3 Å². The van der Waals surface area contributed by atoms with Gasteiger partial charge in [0.15, 0.2) is 5.96 Å². The third-order valence-corrected chi connectivity index (χ3v) is 4.28. The number of guanidine groups is 1. The third-order valence-electron chi connectivity index (χ3n) is 4.28. The summed E-state index contributed by atoms with van der Waals surface area (Å²) < 4.78 is 13.0. The molecule has 1 heterocycles. The molecule has 2 aliphatic rings. The fourth-order valence-corrected chi connectivity index (χ4v) is 2.85. The van der Waals surface area contributed by atoms with Crippen molar-refractivity contribution in [2.75, 3.05) is 26.2 Å². The second-order valence-corrected chi connectivity index (χ2v) is 5.69. The smallest absolute Gasteiger partial charge is 0.191 e. The lowest BCUT2D eigenvalue weighted by Gasteiger charge is -2.20. The van der Waals surface area contributed by atoms with Crippen molar-refractivity contribution in [1.82, 2.24) is 10.6 Å². The van der Waals surface area contributed by atoms with E-state index in [0.717, 1.165) is 37.5 Å². The van der Waals surface area contributed by atoms with Crippen LogP contribution in [-0.4, -0.2) is 37.3 Å². The van der Waals surface area contributed by atoms with Gasteiger partial charge in [0.1, 0.15) is 5.82 Å². The number of benzene rings is 1. The van der Waals surface area contributed by atoms with Crippen molar-refractivity contribution in [3.05, 3.63) is 35.6 Å². The first-order valence-corrected chi connectivity index (χ1v) is 7.12. The summed E-state index contributed by atoms with van der Waals surface area (Å²) in [6, 6.07) is 6.59. The first-order chi connectivity index (χ1) is 9.73. The van der Waals surface area contributed by atoms with Crippen molar-refractivity contribution in [1.29, 1.82) is 0 Å². The highest BCUT2D eigenvalue weighted by Crippen LogP contribution is 2.58. The van der Waals surface area contributed by atoms with E-state index < -0.39 is 0 Å². The van der Waals surface area contributed by atoms with Gasteiger partial charge in [0, 0.05) is 25.0 Å². The molecule has 116 valence electrons. The number of aliphatic imine (C=N–C) groups is 1. The number of aliphatic hydroxyl groups is 1. The Bertz CT molecular complexity index is 508. The fraction of sp³-hybridized carbons (Fsp3) is 0.533. The highest BCUT2D eigenvalue weighted by Gasteiger charge is 2.54. The molecule has 1 aromatic carbocycles. The molecule has 1 aromatic rings. The maximum atomic E-state index is 13.0. The van der Waals surface area contributed by atoms with Crippen molar-refractivity contribution < 1.29 is 9.50 Å². The number of hydrogen-bond donors (Lipinski definition) is 3. The molecule has 1 fully saturated rings. The first kappa shape index (κ1) is 16.5. The Morgan fingerprint density at radius 1 is 1.38 bits per heavy atom. The maximum absolute atomic E-state index is 13.0. The Kier molecular flexibility index (Phi) is 5.43. The normalized spacial score (nSPS) is 27.1. The minimum absolute atomic E-state index is 0. The molecule has 0 amide bonds. The van der Waals surface area contributed by atoms with E-state index in [9.17, 15) is 9.50 Å². The zero-order chi connectivity index (χ0) is 14.0. The summed E-state index contributed by atoms with van der Waals surface area (Å²) in [5, 5.41) is 16.2. The quantitative estimate of drug-likeness (QED) is 0.671. The number of nitrogens with zero attached hydrogens (tertiary/aromatic N) is 1. The molecule has 0 radical (unpaired) electrons. The maximum Gasteiger partial charge on any atom is 0.191 e. The second-order valence-electron chi connectivity index (χ2n) is 5.69. The van der Waals surface area contributed by atoms with Crippen LogP contribution in [0.5, 0.6) is 0 Å². The van der Waals surface area contributed by atoms with E-state index >= 15 is 0 Å². The van der Waals surface area contributed by atoms with Crippen molar-refractivity contribution in [3.63, 3.8) is 0 Å². The lowest BCUT2D eigenvalue weighted by molar-refractivity contribution is 0.207. The molecule has 2 unspecified atom stereocenters. The topological polar surface area (TPSA) is 56.6 Å². The third kappa shape index (κ3) is 3.66. The van der Waals surface area contributed by atoms with Crippen LogP contribution in [0, 0.1) is 11.2 Å². The summed E-state index contributed by atoms with van der Waals surface area (Å²) in [5.74, 6) is 0.904. The number of halogens is 2. The van der Waals surface area contributed by atoms with E-state index in [2.05, 4.69) is 15.6 Å². The van der Waals surface area contributed by atoms with Crippen LogP contribution in [0.25, 0.3) is 0 Å². The highest BCUT2D eigenvalue weighted by atomic mass is 127. The summed E-state index contributed by atoms with van der Waals surface area (Å²) in [5.41, 5.74) is 0.959. The molecular formula is C15H21FIN3O. The SMILES string of the molecule is I.OCC1(CNC2=NCCCN2)CC1c1ccc(F)cc1. The molecule has 1 aliphatic carbocycles. The molecule has 21 heavy (non-hydrogen) atoms. The van der Waals surface area contributed by atoms with Crippen molar-refractivity contribution in [2.24, 2.45) is 10.4 Å². The lowest BCUT2D eigenvalue weighted by Crippen LogP contribution is -2.43. The van der Waals surface area contributed by atoms with Gasteiger partial charge in [-0.3, -0.25) is 4.99 Å². The Morgan fingerprint density at radius 2 is 2.14 bits per heavy atom. The summed E-state index contributed by atoms with van der Waals surface area (Å²) in [6.07, 6.45) is 1.99. The minimum atomic E-state index is -0.220. The van der Waals surface area contributed by atoms with Gasteiger partial charge in [-0.25, -0.2) is 4.39 Å². The van der Waals surface area contributed by atoms with Crippen LogP contribution in [0.1, 0.15) is 24.3 Å². The molecule has 0 saturated heterocycles. The molecule has 1 saturated carbocycles. The molecule has 4 nitrogen and oxygen atoms in total. The monoisotopic (exact) mass is 405 g/mol. The van der Waals surface area contributed by atoms with Gasteiger partial charge in [-0.1, -0.05) is 12.1 Å². The molecule has 6 heteroatoms.